The second kappa shape index (κ2) is 11.6. The topological polar surface area (TPSA) is 90.1 Å². The first kappa shape index (κ1) is 28.1. The number of hydrogen-bond acceptors (Lipinski definition) is 7. The summed E-state index contributed by atoms with van der Waals surface area (Å²) in [4.78, 5) is 32.9. The number of fused-ring (bicyclic) bond motifs is 1. The number of aromatic hydroxyl groups is 1. The molecule has 10 heteroatoms. The molecule has 0 saturated carbocycles. The lowest BCUT2D eigenvalue weighted by Gasteiger charge is -2.26. The third kappa shape index (κ3) is 5.07. The van der Waals surface area contributed by atoms with Crippen molar-refractivity contribution < 1.29 is 19.4 Å². The Morgan fingerprint density at radius 1 is 1.12 bits per heavy atom. The molecule has 0 radical (unpaired) electrons. The molecule has 0 saturated heterocycles. The van der Waals surface area contributed by atoms with Crippen molar-refractivity contribution in [3.63, 3.8) is 0 Å². The van der Waals surface area contributed by atoms with Crippen LogP contribution in [0, 0.1) is 6.92 Å². The largest absolute Gasteiger partial charge is 0.503 e. The lowest BCUT2D eigenvalue weighted by molar-refractivity contribution is -0.138. The van der Waals surface area contributed by atoms with Crippen molar-refractivity contribution in [3.05, 3.63) is 117 Å². The molecule has 1 aliphatic heterocycles. The summed E-state index contributed by atoms with van der Waals surface area (Å²) in [5.41, 5.74) is 3.64. The zero-order valence-corrected chi connectivity index (χ0v) is 25.8. The highest BCUT2D eigenvalue weighted by Crippen LogP contribution is 2.42. The fourth-order valence-electron chi connectivity index (χ4n) is 4.52. The van der Waals surface area contributed by atoms with Crippen LogP contribution in [0.1, 0.15) is 35.2 Å². The summed E-state index contributed by atoms with van der Waals surface area (Å²) in [5, 5.41) is 10.4. The number of thiazole rings is 1. The molecule has 7 nitrogen and oxygen atoms in total. The van der Waals surface area contributed by atoms with Crippen molar-refractivity contribution in [2.24, 2.45) is 4.99 Å². The van der Waals surface area contributed by atoms with Crippen LogP contribution in [0.5, 0.6) is 11.5 Å². The zero-order valence-electron chi connectivity index (χ0n) is 21.8. The van der Waals surface area contributed by atoms with Crippen LogP contribution in [0.15, 0.2) is 85.0 Å². The molecular weight excluding hydrogens is 660 g/mol. The highest BCUT2D eigenvalue weighted by atomic mass is 79.9. The van der Waals surface area contributed by atoms with Gasteiger partial charge in [0.1, 0.15) is 0 Å². The number of rotatable bonds is 6. The number of halogens is 2. The number of phenols is 1. The number of aryl methyl sites for hydroxylation is 1. The van der Waals surface area contributed by atoms with Gasteiger partial charge in [0.2, 0.25) is 0 Å². The molecule has 1 atom stereocenters. The number of benzene rings is 3. The summed E-state index contributed by atoms with van der Waals surface area (Å²) >= 11 is 8.09. The summed E-state index contributed by atoms with van der Waals surface area (Å²) in [6.07, 6.45) is 1.71. The van der Waals surface area contributed by atoms with Gasteiger partial charge < -0.3 is 14.6 Å². The molecule has 0 fully saturated rings. The standard InChI is InChI=1S/C30H24Br2N2O5S/c1-4-39-29(37)22-25(17-8-6-5-7-9-17)33-30-34(26(22)18-12-10-16(2)11-13-18)28(36)21(40-30)15-19-14-20(38-3)27(35)24(32)23(19)31/h5-15,26,35H,4H2,1-3H3/b21-15+/t26-/m1/s1. The minimum atomic E-state index is -0.752. The monoisotopic (exact) mass is 682 g/mol. The van der Waals surface area contributed by atoms with Crippen LogP contribution in [0.3, 0.4) is 0 Å². The molecule has 3 aromatic carbocycles. The quantitative estimate of drug-likeness (QED) is 0.272. The van der Waals surface area contributed by atoms with E-state index in [1.54, 1.807) is 23.6 Å². The second-order valence-corrected chi connectivity index (χ2v) is 11.6. The predicted octanol–water partition coefficient (Wildman–Crippen LogP) is 5.48. The van der Waals surface area contributed by atoms with Crippen molar-refractivity contribution in [1.29, 1.82) is 0 Å². The SMILES string of the molecule is CCOC(=O)C1=C(c2ccccc2)N=c2s/c(=C/c3cc(OC)c(O)c(Br)c3Br)c(=O)n2[C@@H]1c1ccc(C)cc1. The fourth-order valence-corrected chi connectivity index (χ4v) is 6.35. The first-order valence-electron chi connectivity index (χ1n) is 12.3. The summed E-state index contributed by atoms with van der Waals surface area (Å²) in [7, 11) is 1.46. The molecule has 0 spiro atoms. The van der Waals surface area contributed by atoms with Gasteiger partial charge in [-0.15, -0.1) is 0 Å². The highest BCUT2D eigenvalue weighted by molar-refractivity contribution is 9.13. The molecule has 40 heavy (non-hydrogen) atoms. The van der Waals surface area contributed by atoms with Crippen LogP contribution < -0.4 is 19.6 Å². The summed E-state index contributed by atoms with van der Waals surface area (Å²) in [6, 6.07) is 18.1. The van der Waals surface area contributed by atoms with Crippen LogP contribution in [0.25, 0.3) is 11.8 Å². The van der Waals surface area contributed by atoms with Crippen molar-refractivity contribution in [2.75, 3.05) is 13.7 Å². The van der Waals surface area contributed by atoms with Crippen molar-refractivity contribution in [1.82, 2.24) is 4.57 Å². The number of esters is 1. The van der Waals surface area contributed by atoms with E-state index in [-0.39, 0.29) is 23.7 Å². The van der Waals surface area contributed by atoms with Crippen LogP contribution in [-0.4, -0.2) is 29.4 Å². The minimum absolute atomic E-state index is 0.0565. The summed E-state index contributed by atoms with van der Waals surface area (Å²) in [5.74, 6) is -0.332. The lowest BCUT2D eigenvalue weighted by Crippen LogP contribution is -2.40. The molecule has 5 rings (SSSR count). The van der Waals surface area contributed by atoms with Crippen LogP contribution in [0.2, 0.25) is 0 Å². The number of carbonyl (C=O) groups excluding carboxylic acids is 1. The van der Waals surface area contributed by atoms with Gasteiger partial charge in [-0.3, -0.25) is 9.36 Å². The van der Waals surface area contributed by atoms with Crippen LogP contribution in [-0.2, 0) is 9.53 Å². The number of nitrogens with zero attached hydrogens (tertiary/aromatic N) is 2. The van der Waals surface area contributed by atoms with E-state index in [0.29, 0.717) is 35.1 Å². The van der Waals surface area contributed by atoms with Gasteiger partial charge in [-0.1, -0.05) is 71.5 Å². The Bertz CT molecular complexity index is 1830. The van der Waals surface area contributed by atoms with E-state index in [1.165, 1.54) is 18.4 Å². The molecule has 1 aromatic heterocycles. The average molecular weight is 684 g/mol. The maximum absolute atomic E-state index is 14.1. The van der Waals surface area contributed by atoms with Crippen molar-refractivity contribution in [2.45, 2.75) is 19.9 Å². The smallest absolute Gasteiger partial charge is 0.338 e. The van der Waals surface area contributed by atoms with Gasteiger partial charge in [0.15, 0.2) is 16.3 Å². The van der Waals surface area contributed by atoms with Crippen molar-refractivity contribution >= 4 is 60.9 Å². The third-order valence-electron chi connectivity index (χ3n) is 6.45. The van der Waals surface area contributed by atoms with E-state index in [9.17, 15) is 14.7 Å². The van der Waals surface area contributed by atoms with Gasteiger partial charge in [-0.25, -0.2) is 9.79 Å². The Kier molecular flexibility index (Phi) is 8.11. The molecule has 2 heterocycles. The molecular formula is C30H24Br2N2O5S. The van der Waals surface area contributed by atoms with Crippen LogP contribution in [0.4, 0.5) is 0 Å². The number of phenolic OH excluding ortho intramolecular Hbond substituents is 1. The van der Waals surface area contributed by atoms with E-state index in [4.69, 9.17) is 14.5 Å². The van der Waals surface area contributed by atoms with E-state index in [2.05, 4.69) is 31.9 Å². The molecule has 204 valence electrons. The predicted molar refractivity (Wildman–Crippen MR) is 162 cm³/mol. The Morgan fingerprint density at radius 3 is 2.48 bits per heavy atom. The molecule has 4 aromatic rings. The maximum Gasteiger partial charge on any atom is 0.338 e. The van der Waals surface area contributed by atoms with E-state index >= 15 is 0 Å². The molecule has 1 aliphatic rings. The van der Waals surface area contributed by atoms with Crippen molar-refractivity contribution in [3.8, 4) is 11.5 Å². The Hall–Kier alpha value is -3.47. The minimum Gasteiger partial charge on any atom is -0.503 e. The van der Waals surface area contributed by atoms with Gasteiger partial charge >= 0.3 is 5.97 Å². The summed E-state index contributed by atoms with van der Waals surface area (Å²) < 4.78 is 13.7. The van der Waals surface area contributed by atoms with Gasteiger partial charge in [0, 0.05) is 10.0 Å². The number of aromatic nitrogens is 1. The van der Waals surface area contributed by atoms with Gasteiger partial charge in [-0.2, -0.15) is 0 Å². The highest BCUT2D eigenvalue weighted by Gasteiger charge is 2.35. The first-order valence-corrected chi connectivity index (χ1v) is 14.7. The molecule has 0 unspecified atom stereocenters. The van der Waals surface area contributed by atoms with Gasteiger partial charge in [0.05, 0.1) is 40.0 Å². The number of carbonyl (C=O) groups is 1. The molecule has 0 amide bonds. The fraction of sp³-hybridized carbons (Fsp3) is 0.167. The van der Waals surface area contributed by atoms with E-state index in [1.807, 2.05) is 61.5 Å². The van der Waals surface area contributed by atoms with E-state index < -0.39 is 12.0 Å². The van der Waals surface area contributed by atoms with Crippen LogP contribution >= 0.6 is 43.2 Å². The molecule has 1 N–H and O–H groups in total. The lowest BCUT2D eigenvalue weighted by atomic mass is 9.92. The zero-order chi connectivity index (χ0) is 28.6. The first-order chi connectivity index (χ1) is 19.2. The Morgan fingerprint density at radius 2 is 1.82 bits per heavy atom. The van der Waals surface area contributed by atoms with Gasteiger partial charge in [-0.05, 0) is 69.0 Å². The molecule has 0 aliphatic carbocycles. The Balaban J connectivity index is 1.84. The summed E-state index contributed by atoms with van der Waals surface area (Å²) in [6.45, 7) is 3.91. The van der Waals surface area contributed by atoms with E-state index in [0.717, 1.165) is 16.7 Å². The normalized spacial score (nSPS) is 15.0. The Labute approximate surface area is 251 Å². The molecule has 0 bridgehead atoms. The third-order valence-corrected chi connectivity index (χ3v) is 9.59. The van der Waals surface area contributed by atoms with Gasteiger partial charge in [0.25, 0.3) is 5.56 Å². The number of methoxy groups -OCH3 is 1. The maximum atomic E-state index is 14.1. The number of ether oxygens (including phenoxy) is 2. The number of hydrogen-bond donors (Lipinski definition) is 1. The average Bonchev–Trinajstić information content (AvgIpc) is 3.27. The second-order valence-electron chi connectivity index (χ2n) is 8.99.